The number of amides is 2. The van der Waals surface area contributed by atoms with Crippen LogP contribution in [0.3, 0.4) is 0 Å². The maximum absolute atomic E-state index is 13.0. The average molecular weight is 479 g/mol. The van der Waals surface area contributed by atoms with Crippen LogP contribution < -0.4 is 10.6 Å². The van der Waals surface area contributed by atoms with Gasteiger partial charge in [-0.15, -0.1) is 11.3 Å². The van der Waals surface area contributed by atoms with Crippen molar-refractivity contribution in [3.05, 3.63) is 82.0 Å². The van der Waals surface area contributed by atoms with E-state index in [0.717, 1.165) is 22.3 Å². The van der Waals surface area contributed by atoms with Crippen molar-refractivity contribution >= 4 is 29.3 Å². The highest BCUT2D eigenvalue weighted by Gasteiger charge is 2.37. The molecule has 0 bridgehead atoms. The molecule has 2 unspecified atom stereocenters. The lowest BCUT2D eigenvalue weighted by molar-refractivity contribution is -0.143. The molecule has 1 aliphatic carbocycles. The van der Waals surface area contributed by atoms with E-state index in [-0.39, 0.29) is 18.9 Å². The minimum atomic E-state index is -1.34. The smallest absolute Gasteiger partial charge is 0.408 e. The average Bonchev–Trinajstić information content (AvgIpc) is 3.47. The maximum Gasteiger partial charge on any atom is 0.408 e. The largest absolute Gasteiger partial charge is 0.479 e. The third-order valence-corrected chi connectivity index (χ3v) is 7.22. The monoisotopic (exact) mass is 478 g/mol. The van der Waals surface area contributed by atoms with Gasteiger partial charge in [-0.1, -0.05) is 61.5 Å². The minimum absolute atomic E-state index is 0.102. The summed E-state index contributed by atoms with van der Waals surface area (Å²) < 4.78 is 5.57. The van der Waals surface area contributed by atoms with E-state index < -0.39 is 29.6 Å². The van der Waals surface area contributed by atoms with Crippen LogP contribution in [0.2, 0.25) is 0 Å². The fraction of sp³-hybridized carbons (Fsp3) is 0.269. The van der Waals surface area contributed by atoms with Gasteiger partial charge in [0.2, 0.25) is 5.91 Å². The van der Waals surface area contributed by atoms with Gasteiger partial charge < -0.3 is 20.5 Å². The summed E-state index contributed by atoms with van der Waals surface area (Å²) >= 11 is 1.24. The normalized spacial score (nSPS) is 14.9. The van der Waals surface area contributed by atoms with Crippen LogP contribution in [0, 0.1) is 0 Å². The van der Waals surface area contributed by atoms with Crippen LogP contribution in [-0.2, 0) is 14.3 Å². The molecule has 2 atom stereocenters. The molecule has 0 fully saturated rings. The number of aliphatic carboxylic acids is 1. The van der Waals surface area contributed by atoms with Gasteiger partial charge >= 0.3 is 12.1 Å². The first kappa shape index (κ1) is 23.5. The third kappa shape index (κ3) is 4.54. The van der Waals surface area contributed by atoms with Gasteiger partial charge in [0.15, 0.2) is 6.04 Å². The summed E-state index contributed by atoms with van der Waals surface area (Å²) in [6.45, 7) is 3.41. The van der Waals surface area contributed by atoms with Gasteiger partial charge in [0.05, 0.1) is 0 Å². The van der Waals surface area contributed by atoms with Gasteiger partial charge in [0.1, 0.15) is 12.1 Å². The van der Waals surface area contributed by atoms with E-state index in [1.54, 1.807) is 31.4 Å². The summed E-state index contributed by atoms with van der Waals surface area (Å²) in [5.41, 5.74) is 3.09. The van der Waals surface area contributed by atoms with E-state index in [1.807, 2.05) is 36.4 Å². The minimum Gasteiger partial charge on any atom is -0.479 e. The number of carbonyl (C=O) groups is 3. The van der Waals surface area contributed by atoms with Gasteiger partial charge in [0.25, 0.3) is 0 Å². The summed E-state index contributed by atoms with van der Waals surface area (Å²) in [6, 6.07) is 18.2. The van der Waals surface area contributed by atoms with Gasteiger partial charge in [-0.05, 0) is 47.0 Å². The highest BCUT2D eigenvalue weighted by Crippen LogP contribution is 2.44. The first-order valence-corrected chi connectivity index (χ1v) is 11.9. The Bertz CT molecular complexity index is 1160. The molecule has 1 heterocycles. The second-order valence-electron chi connectivity index (χ2n) is 8.40. The van der Waals surface area contributed by atoms with Gasteiger partial charge in [-0.2, -0.15) is 0 Å². The molecule has 2 amide bonds. The predicted octanol–water partition coefficient (Wildman–Crippen LogP) is 4.70. The number of rotatable bonds is 8. The van der Waals surface area contributed by atoms with Crippen molar-refractivity contribution in [2.24, 2.45) is 0 Å². The molecule has 0 spiro atoms. The lowest BCUT2D eigenvalue weighted by atomic mass is 9.97. The van der Waals surface area contributed by atoms with Crippen molar-refractivity contribution in [3.63, 3.8) is 0 Å². The zero-order valence-corrected chi connectivity index (χ0v) is 19.7. The molecule has 0 aliphatic heterocycles. The summed E-state index contributed by atoms with van der Waals surface area (Å²) in [7, 11) is 0. The van der Waals surface area contributed by atoms with Crippen LogP contribution in [-0.4, -0.2) is 35.2 Å². The quantitative estimate of drug-likeness (QED) is 0.435. The molecule has 8 heteroatoms. The molecule has 3 aromatic rings. The van der Waals surface area contributed by atoms with Gasteiger partial charge in [-0.25, -0.2) is 9.59 Å². The molecule has 0 saturated heterocycles. The number of carboxylic acids is 1. The Morgan fingerprint density at radius 2 is 1.65 bits per heavy atom. The maximum atomic E-state index is 13.0. The van der Waals surface area contributed by atoms with Crippen LogP contribution >= 0.6 is 11.3 Å². The highest BCUT2D eigenvalue weighted by molar-refractivity contribution is 7.10. The van der Waals surface area contributed by atoms with Crippen LogP contribution in [0.25, 0.3) is 11.1 Å². The first-order chi connectivity index (χ1) is 16.3. The number of fused-ring (bicyclic) bond motifs is 3. The number of nitrogens with one attached hydrogen (secondary N) is 2. The fourth-order valence-corrected chi connectivity index (χ4v) is 4.93. The van der Waals surface area contributed by atoms with E-state index in [9.17, 15) is 19.5 Å². The second kappa shape index (κ2) is 9.69. The molecule has 0 saturated carbocycles. The van der Waals surface area contributed by atoms with Gasteiger partial charge in [0, 0.05) is 10.8 Å². The van der Waals surface area contributed by atoms with Gasteiger partial charge in [-0.3, -0.25) is 4.79 Å². The van der Waals surface area contributed by atoms with Crippen molar-refractivity contribution in [1.29, 1.82) is 0 Å². The number of hydrogen-bond acceptors (Lipinski definition) is 5. The Hall–Kier alpha value is -3.65. The van der Waals surface area contributed by atoms with Crippen LogP contribution in [0.1, 0.15) is 48.2 Å². The molecule has 2 aromatic carbocycles. The number of ether oxygens (including phenoxy) is 1. The second-order valence-corrected chi connectivity index (χ2v) is 9.38. The van der Waals surface area contributed by atoms with Crippen molar-refractivity contribution in [3.8, 4) is 11.1 Å². The third-order valence-electron chi connectivity index (χ3n) is 6.28. The molecule has 1 aliphatic rings. The molecule has 7 nitrogen and oxygen atoms in total. The van der Waals surface area contributed by atoms with Crippen molar-refractivity contribution in [1.82, 2.24) is 10.6 Å². The summed E-state index contributed by atoms with van der Waals surface area (Å²) in [6.07, 6.45) is -0.482. The van der Waals surface area contributed by atoms with E-state index in [4.69, 9.17) is 4.74 Å². The van der Waals surface area contributed by atoms with E-state index in [0.29, 0.717) is 4.88 Å². The van der Waals surface area contributed by atoms with Crippen LogP contribution in [0.15, 0.2) is 66.0 Å². The SMILES string of the molecule is CCC(C)(NC(=O)OCC1c2ccccc2-c2ccccc21)C(=O)NC(C(=O)O)c1cccs1. The number of carbonyl (C=O) groups excluding carboxylic acids is 2. The molecule has 4 rings (SSSR count). The molecule has 34 heavy (non-hydrogen) atoms. The lowest BCUT2D eigenvalue weighted by Gasteiger charge is -2.29. The van der Waals surface area contributed by atoms with Crippen molar-refractivity contribution < 1.29 is 24.2 Å². The molecule has 3 N–H and O–H groups in total. The molecule has 1 aromatic heterocycles. The Morgan fingerprint density at radius 1 is 1.03 bits per heavy atom. The van der Waals surface area contributed by atoms with E-state index >= 15 is 0 Å². The lowest BCUT2D eigenvalue weighted by Crippen LogP contribution is -2.57. The number of thiophene rings is 1. The summed E-state index contributed by atoms with van der Waals surface area (Å²) in [4.78, 5) is 37.9. The Morgan fingerprint density at radius 3 is 2.18 bits per heavy atom. The van der Waals surface area contributed by atoms with Crippen molar-refractivity contribution in [2.45, 2.75) is 37.8 Å². The number of alkyl carbamates (subject to hydrolysis) is 1. The summed E-state index contributed by atoms with van der Waals surface area (Å²) in [5, 5.41) is 16.5. The molecular formula is C26H26N2O5S. The zero-order chi connectivity index (χ0) is 24.3. The van der Waals surface area contributed by atoms with Crippen LogP contribution in [0.5, 0.6) is 0 Å². The van der Waals surface area contributed by atoms with E-state index in [1.165, 1.54) is 11.3 Å². The predicted molar refractivity (Wildman–Crippen MR) is 130 cm³/mol. The van der Waals surface area contributed by atoms with Crippen LogP contribution in [0.4, 0.5) is 4.79 Å². The fourth-order valence-electron chi connectivity index (χ4n) is 4.17. The number of carboxylic acid groups (broad SMARTS) is 1. The molecule has 0 radical (unpaired) electrons. The number of benzene rings is 2. The topological polar surface area (TPSA) is 105 Å². The van der Waals surface area contributed by atoms with E-state index in [2.05, 4.69) is 22.8 Å². The number of hydrogen-bond donors (Lipinski definition) is 3. The molecular weight excluding hydrogens is 452 g/mol. The Kier molecular flexibility index (Phi) is 6.70. The van der Waals surface area contributed by atoms with Crippen molar-refractivity contribution in [2.75, 3.05) is 6.61 Å². The Balaban J connectivity index is 1.43. The zero-order valence-electron chi connectivity index (χ0n) is 18.9. The highest BCUT2D eigenvalue weighted by atomic mass is 32.1. The standard InChI is InChI=1S/C26H26N2O5S/c1-3-26(2,24(31)27-22(23(29)30)21-13-8-14-34-21)28-25(32)33-15-20-18-11-6-4-9-16(18)17-10-5-7-12-19(17)20/h4-14,20,22H,3,15H2,1-2H3,(H,27,31)(H,28,32)(H,29,30). The molecule has 176 valence electrons. The summed E-state index contributed by atoms with van der Waals surface area (Å²) in [5.74, 6) is -1.87. The Labute approximate surface area is 201 Å². The first-order valence-electron chi connectivity index (χ1n) is 11.0.